The van der Waals surface area contributed by atoms with Crippen LogP contribution in [0.4, 0.5) is 0 Å². The highest BCUT2D eigenvalue weighted by molar-refractivity contribution is 9.10. The zero-order chi connectivity index (χ0) is 12.6. The summed E-state index contributed by atoms with van der Waals surface area (Å²) < 4.78 is 3.28. The van der Waals surface area contributed by atoms with Crippen molar-refractivity contribution in [3.8, 4) is 0 Å². The SMILES string of the molecule is Cc1nn(C)c(CC(O)c2ncc(Cl)s2)c1Br. The van der Waals surface area contributed by atoms with Gasteiger partial charge in [0.05, 0.1) is 22.1 Å². The lowest BCUT2D eigenvalue weighted by Crippen LogP contribution is -2.06. The minimum absolute atomic E-state index is 0.460. The molecule has 0 bridgehead atoms. The topological polar surface area (TPSA) is 50.9 Å². The smallest absolute Gasteiger partial charge is 0.123 e. The number of hydrogen-bond donors (Lipinski definition) is 1. The second-order valence-corrected chi connectivity index (χ2v) is 6.18. The van der Waals surface area contributed by atoms with Crippen molar-refractivity contribution in [2.45, 2.75) is 19.4 Å². The van der Waals surface area contributed by atoms with Crippen LogP contribution < -0.4 is 0 Å². The van der Waals surface area contributed by atoms with E-state index in [4.69, 9.17) is 11.6 Å². The van der Waals surface area contributed by atoms with Gasteiger partial charge in [0.1, 0.15) is 15.4 Å². The summed E-state index contributed by atoms with van der Waals surface area (Å²) in [6.45, 7) is 1.92. The Morgan fingerprint density at radius 1 is 1.65 bits per heavy atom. The molecule has 0 amide bonds. The first-order chi connectivity index (χ1) is 7.99. The summed E-state index contributed by atoms with van der Waals surface area (Å²) in [7, 11) is 1.86. The van der Waals surface area contributed by atoms with Gasteiger partial charge >= 0.3 is 0 Å². The van der Waals surface area contributed by atoms with E-state index in [9.17, 15) is 5.11 Å². The molecule has 92 valence electrons. The van der Waals surface area contributed by atoms with E-state index in [1.165, 1.54) is 11.3 Å². The molecule has 17 heavy (non-hydrogen) atoms. The van der Waals surface area contributed by atoms with Gasteiger partial charge in [-0.25, -0.2) is 4.98 Å². The number of hydrogen-bond acceptors (Lipinski definition) is 4. The van der Waals surface area contributed by atoms with Crippen molar-refractivity contribution in [1.82, 2.24) is 14.8 Å². The van der Waals surface area contributed by atoms with Gasteiger partial charge in [-0.3, -0.25) is 4.68 Å². The van der Waals surface area contributed by atoms with E-state index in [2.05, 4.69) is 26.0 Å². The van der Waals surface area contributed by atoms with E-state index in [1.807, 2.05) is 14.0 Å². The lowest BCUT2D eigenvalue weighted by Gasteiger charge is -2.08. The molecule has 7 heteroatoms. The highest BCUT2D eigenvalue weighted by atomic mass is 79.9. The molecule has 0 saturated heterocycles. The number of aliphatic hydroxyl groups is 1. The number of aromatic nitrogens is 3. The molecule has 1 N–H and O–H groups in total. The lowest BCUT2D eigenvalue weighted by molar-refractivity contribution is 0.175. The zero-order valence-corrected chi connectivity index (χ0v) is 12.5. The molecule has 2 heterocycles. The second-order valence-electron chi connectivity index (χ2n) is 3.69. The first-order valence-corrected chi connectivity index (χ1v) is 6.95. The van der Waals surface area contributed by atoms with Crippen molar-refractivity contribution in [3.05, 3.63) is 31.4 Å². The summed E-state index contributed by atoms with van der Waals surface area (Å²) >= 11 is 10.6. The van der Waals surface area contributed by atoms with E-state index >= 15 is 0 Å². The van der Waals surface area contributed by atoms with Crippen LogP contribution in [0.25, 0.3) is 0 Å². The summed E-state index contributed by atoms with van der Waals surface area (Å²) in [5.74, 6) is 0. The fourth-order valence-electron chi connectivity index (χ4n) is 1.59. The predicted molar refractivity (Wildman–Crippen MR) is 71.4 cm³/mol. The zero-order valence-electron chi connectivity index (χ0n) is 9.31. The van der Waals surface area contributed by atoms with Gasteiger partial charge in [0.15, 0.2) is 0 Å². The van der Waals surface area contributed by atoms with Gasteiger partial charge in [0, 0.05) is 13.5 Å². The Labute approximate surface area is 116 Å². The van der Waals surface area contributed by atoms with Crippen molar-refractivity contribution >= 4 is 38.9 Å². The van der Waals surface area contributed by atoms with Crippen LogP contribution in [0.1, 0.15) is 22.5 Å². The Morgan fingerprint density at radius 3 is 2.82 bits per heavy atom. The molecule has 2 rings (SSSR count). The van der Waals surface area contributed by atoms with Crippen molar-refractivity contribution in [1.29, 1.82) is 0 Å². The number of aliphatic hydroxyl groups excluding tert-OH is 1. The summed E-state index contributed by atoms with van der Waals surface area (Å²) in [5, 5.41) is 15.0. The minimum atomic E-state index is -0.654. The van der Waals surface area contributed by atoms with E-state index < -0.39 is 6.10 Å². The third-order valence-corrected chi connectivity index (χ3v) is 4.68. The molecule has 0 aliphatic rings. The van der Waals surface area contributed by atoms with Crippen LogP contribution in [0.5, 0.6) is 0 Å². The van der Waals surface area contributed by atoms with Crippen LogP contribution in [0.3, 0.4) is 0 Å². The number of aryl methyl sites for hydroxylation is 2. The summed E-state index contributed by atoms with van der Waals surface area (Å²) in [6.07, 6.45) is 1.36. The van der Waals surface area contributed by atoms with Crippen LogP contribution >= 0.6 is 38.9 Å². The largest absolute Gasteiger partial charge is 0.386 e. The fraction of sp³-hybridized carbons (Fsp3) is 0.400. The van der Waals surface area contributed by atoms with Gasteiger partial charge < -0.3 is 5.11 Å². The van der Waals surface area contributed by atoms with Crippen molar-refractivity contribution < 1.29 is 5.11 Å². The van der Waals surface area contributed by atoms with Gasteiger partial charge in [0.25, 0.3) is 0 Å². The first kappa shape index (κ1) is 13.0. The number of thiazole rings is 1. The maximum Gasteiger partial charge on any atom is 0.123 e. The molecule has 0 aliphatic carbocycles. The molecule has 1 atom stereocenters. The van der Waals surface area contributed by atoms with Crippen molar-refractivity contribution in [3.63, 3.8) is 0 Å². The van der Waals surface area contributed by atoms with Gasteiger partial charge in [0.2, 0.25) is 0 Å². The number of nitrogens with zero attached hydrogens (tertiary/aromatic N) is 3. The van der Waals surface area contributed by atoms with Crippen LogP contribution in [0, 0.1) is 6.92 Å². The molecule has 0 aliphatic heterocycles. The van der Waals surface area contributed by atoms with Crippen LogP contribution in [-0.4, -0.2) is 19.9 Å². The Balaban J connectivity index is 2.21. The summed E-state index contributed by atoms with van der Waals surface area (Å²) in [6, 6.07) is 0. The van der Waals surface area contributed by atoms with E-state index in [-0.39, 0.29) is 0 Å². The Hall–Kier alpha value is -0.430. The van der Waals surface area contributed by atoms with Gasteiger partial charge in [-0.15, -0.1) is 11.3 Å². The van der Waals surface area contributed by atoms with Crippen molar-refractivity contribution in [2.24, 2.45) is 7.05 Å². The Morgan fingerprint density at radius 2 is 2.35 bits per heavy atom. The third kappa shape index (κ3) is 2.70. The molecular weight excluding hydrogens is 326 g/mol. The Bertz CT molecular complexity index is 540. The molecule has 1 unspecified atom stereocenters. The standard InChI is InChI=1S/C10H11BrClN3OS/c1-5-9(11)6(15(2)14-5)3-7(16)10-13-4-8(12)17-10/h4,7,16H,3H2,1-2H3. The normalized spacial score (nSPS) is 13.0. The van der Waals surface area contributed by atoms with Gasteiger partial charge in [-0.2, -0.15) is 5.10 Å². The fourth-order valence-corrected chi connectivity index (χ4v) is 3.01. The monoisotopic (exact) mass is 335 g/mol. The first-order valence-electron chi connectivity index (χ1n) is 4.96. The maximum atomic E-state index is 10.1. The third-order valence-electron chi connectivity index (χ3n) is 2.43. The minimum Gasteiger partial charge on any atom is -0.386 e. The highest BCUT2D eigenvalue weighted by Gasteiger charge is 2.18. The predicted octanol–water partition coefficient (Wildman–Crippen LogP) is 2.88. The summed E-state index contributed by atoms with van der Waals surface area (Å²) in [5.41, 5.74) is 1.85. The quantitative estimate of drug-likeness (QED) is 0.937. The van der Waals surface area contributed by atoms with E-state index in [0.29, 0.717) is 15.8 Å². The molecule has 2 aromatic rings. The van der Waals surface area contributed by atoms with Gasteiger partial charge in [-0.1, -0.05) is 11.6 Å². The van der Waals surface area contributed by atoms with Crippen LogP contribution in [0.2, 0.25) is 4.34 Å². The lowest BCUT2D eigenvalue weighted by atomic mass is 10.2. The molecule has 0 fully saturated rings. The maximum absolute atomic E-state index is 10.1. The average Bonchev–Trinajstić information content (AvgIpc) is 2.79. The molecule has 0 aromatic carbocycles. The van der Waals surface area contributed by atoms with Crippen molar-refractivity contribution in [2.75, 3.05) is 0 Å². The highest BCUT2D eigenvalue weighted by Crippen LogP contribution is 2.29. The van der Waals surface area contributed by atoms with Crippen LogP contribution in [-0.2, 0) is 13.5 Å². The van der Waals surface area contributed by atoms with Gasteiger partial charge in [-0.05, 0) is 22.9 Å². The summed E-state index contributed by atoms with van der Waals surface area (Å²) in [4.78, 5) is 4.07. The molecule has 0 radical (unpaired) electrons. The average molecular weight is 337 g/mol. The van der Waals surface area contributed by atoms with E-state index in [0.717, 1.165) is 15.9 Å². The Kier molecular flexibility index (Phi) is 3.87. The second kappa shape index (κ2) is 5.06. The number of rotatable bonds is 3. The molecular formula is C10H11BrClN3OS. The van der Waals surface area contributed by atoms with E-state index in [1.54, 1.807) is 10.9 Å². The molecule has 0 spiro atoms. The van der Waals surface area contributed by atoms with Crippen LogP contribution in [0.15, 0.2) is 10.7 Å². The molecule has 4 nitrogen and oxygen atoms in total. The molecule has 2 aromatic heterocycles. The number of halogens is 2. The molecule has 0 saturated carbocycles.